The molecule has 37 heavy (non-hydrogen) atoms. The van der Waals surface area contributed by atoms with Crippen molar-refractivity contribution in [2.75, 3.05) is 11.9 Å². The van der Waals surface area contributed by atoms with E-state index in [4.69, 9.17) is 0 Å². The molecule has 0 radical (unpaired) electrons. The minimum atomic E-state index is -0.954. The summed E-state index contributed by atoms with van der Waals surface area (Å²) in [4.78, 5) is 22.0. The summed E-state index contributed by atoms with van der Waals surface area (Å²) in [6.07, 6.45) is 4.23. The van der Waals surface area contributed by atoms with Gasteiger partial charge >= 0.3 is 6.09 Å². The number of halogens is 1. The van der Waals surface area contributed by atoms with E-state index in [0.29, 0.717) is 25.5 Å². The van der Waals surface area contributed by atoms with Crippen LogP contribution in [0.25, 0.3) is 21.9 Å². The van der Waals surface area contributed by atoms with Crippen LogP contribution in [0.3, 0.4) is 0 Å². The number of carboxylic acid groups (broad SMARTS) is 1. The second-order valence-electron chi connectivity index (χ2n) is 9.90. The van der Waals surface area contributed by atoms with Crippen molar-refractivity contribution < 1.29 is 14.3 Å². The average Bonchev–Trinajstić information content (AvgIpc) is 3.43. The summed E-state index contributed by atoms with van der Waals surface area (Å²) in [7, 11) is 0. The van der Waals surface area contributed by atoms with Gasteiger partial charge < -0.3 is 19.9 Å². The molecule has 2 aromatic carbocycles. The first-order chi connectivity index (χ1) is 17.7. The lowest BCUT2D eigenvalue weighted by Crippen LogP contribution is -2.46. The Morgan fingerprint density at radius 1 is 1.14 bits per heavy atom. The number of hydrogen-bond acceptors (Lipinski definition) is 5. The predicted molar refractivity (Wildman–Crippen MR) is 141 cm³/mol. The Hall–Kier alpha value is -4.47. The van der Waals surface area contributed by atoms with Gasteiger partial charge in [0.05, 0.1) is 23.8 Å². The zero-order valence-electron chi connectivity index (χ0n) is 20.9. The first-order valence-electron chi connectivity index (χ1n) is 12.0. The van der Waals surface area contributed by atoms with Crippen molar-refractivity contribution in [1.82, 2.24) is 29.2 Å². The fourth-order valence-corrected chi connectivity index (χ4v) is 4.47. The van der Waals surface area contributed by atoms with E-state index in [0.717, 1.165) is 33.2 Å². The van der Waals surface area contributed by atoms with Crippen LogP contribution in [-0.4, -0.2) is 52.5 Å². The molecule has 5 aromatic rings. The van der Waals surface area contributed by atoms with E-state index in [1.165, 1.54) is 23.4 Å². The Kier molecular flexibility index (Phi) is 6.24. The number of nitrogens with one attached hydrogen (secondary N) is 1. The summed E-state index contributed by atoms with van der Waals surface area (Å²) in [5.41, 5.74) is 3.64. The molecule has 0 aliphatic heterocycles. The van der Waals surface area contributed by atoms with Crippen LogP contribution in [0.15, 0.2) is 67.3 Å². The zero-order chi connectivity index (χ0) is 26.2. The fourth-order valence-electron chi connectivity index (χ4n) is 4.47. The molecule has 0 atom stereocenters. The molecule has 3 heterocycles. The van der Waals surface area contributed by atoms with Gasteiger partial charge in [0.15, 0.2) is 5.82 Å². The third-order valence-corrected chi connectivity index (χ3v) is 6.28. The van der Waals surface area contributed by atoms with Gasteiger partial charge in [-0.3, -0.25) is 4.68 Å². The molecule has 0 aliphatic rings. The number of rotatable bonds is 7. The van der Waals surface area contributed by atoms with E-state index in [-0.39, 0.29) is 5.82 Å². The SMILES string of the molecule is CC(C)(C)N(CCn1ccc2ncnc(Nc3ccc4c(cnn4Cc4cccc(F)c4)c3)c21)C(=O)O. The highest BCUT2D eigenvalue weighted by Gasteiger charge is 2.26. The van der Waals surface area contributed by atoms with E-state index in [9.17, 15) is 14.3 Å². The minimum Gasteiger partial charge on any atom is -0.465 e. The number of anilines is 2. The minimum absolute atomic E-state index is 0.268. The van der Waals surface area contributed by atoms with Crippen molar-refractivity contribution in [1.29, 1.82) is 0 Å². The maximum Gasteiger partial charge on any atom is 0.407 e. The molecule has 0 fully saturated rings. The number of amides is 1. The normalized spacial score (nSPS) is 11.8. The molecule has 3 aromatic heterocycles. The van der Waals surface area contributed by atoms with Crippen molar-refractivity contribution in [3.8, 4) is 0 Å². The summed E-state index contributed by atoms with van der Waals surface area (Å²) < 4.78 is 17.4. The van der Waals surface area contributed by atoms with Crippen LogP contribution in [0.1, 0.15) is 26.3 Å². The van der Waals surface area contributed by atoms with Crippen molar-refractivity contribution in [3.05, 3.63) is 78.6 Å². The van der Waals surface area contributed by atoms with Gasteiger partial charge in [0.1, 0.15) is 17.7 Å². The Bertz CT molecular complexity index is 1590. The molecule has 10 heteroatoms. The topological polar surface area (TPSA) is 101 Å². The molecule has 2 N–H and O–H groups in total. The number of fused-ring (bicyclic) bond motifs is 2. The summed E-state index contributed by atoms with van der Waals surface area (Å²) in [5.74, 6) is 0.356. The van der Waals surface area contributed by atoms with Gasteiger partial charge in [-0.15, -0.1) is 0 Å². The smallest absolute Gasteiger partial charge is 0.407 e. The summed E-state index contributed by atoms with van der Waals surface area (Å²) in [6.45, 7) is 6.88. The predicted octanol–water partition coefficient (Wildman–Crippen LogP) is 5.49. The summed E-state index contributed by atoms with van der Waals surface area (Å²) in [5, 5.41) is 18.4. The maximum absolute atomic E-state index is 13.6. The number of carbonyl (C=O) groups is 1. The van der Waals surface area contributed by atoms with E-state index >= 15 is 0 Å². The van der Waals surface area contributed by atoms with Crippen LogP contribution in [0.4, 0.5) is 20.7 Å². The Labute approximate surface area is 213 Å². The van der Waals surface area contributed by atoms with Crippen LogP contribution >= 0.6 is 0 Å². The molecule has 0 spiro atoms. The molecule has 9 nitrogen and oxygen atoms in total. The molecule has 190 valence electrons. The third kappa shape index (κ3) is 5.09. The van der Waals surface area contributed by atoms with Gasteiger partial charge in [-0.25, -0.2) is 19.2 Å². The molecular formula is C27H28FN7O2. The van der Waals surface area contributed by atoms with Crippen LogP contribution in [-0.2, 0) is 13.1 Å². The van der Waals surface area contributed by atoms with Gasteiger partial charge in [0.2, 0.25) is 0 Å². The number of nitrogens with zero attached hydrogens (tertiary/aromatic N) is 6. The van der Waals surface area contributed by atoms with Gasteiger partial charge in [0.25, 0.3) is 0 Å². The lowest BCUT2D eigenvalue weighted by molar-refractivity contribution is 0.0981. The number of benzene rings is 2. The highest BCUT2D eigenvalue weighted by molar-refractivity contribution is 5.90. The standard InChI is InChI=1S/C27H28FN7O2/c1-27(2,3)34(26(36)37)12-11-33-10-9-22-24(33)25(30-17-29-22)32-21-7-8-23-19(14-21)15-31-35(23)16-18-5-4-6-20(28)13-18/h4-10,13-15,17H,11-12,16H2,1-3H3,(H,36,37)(H,29,30,32). The third-order valence-electron chi connectivity index (χ3n) is 6.28. The molecule has 0 saturated heterocycles. The molecular weight excluding hydrogens is 473 g/mol. The van der Waals surface area contributed by atoms with Crippen LogP contribution < -0.4 is 5.32 Å². The molecule has 0 aliphatic carbocycles. The fraction of sp³-hybridized carbons (Fsp3) is 0.259. The maximum atomic E-state index is 13.6. The van der Waals surface area contributed by atoms with Crippen molar-refractivity contribution in [2.24, 2.45) is 0 Å². The van der Waals surface area contributed by atoms with Gasteiger partial charge in [-0.05, 0) is 62.7 Å². The van der Waals surface area contributed by atoms with Crippen LogP contribution in [0.5, 0.6) is 0 Å². The molecule has 0 bridgehead atoms. The van der Waals surface area contributed by atoms with E-state index in [1.54, 1.807) is 12.3 Å². The van der Waals surface area contributed by atoms with Crippen molar-refractivity contribution in [2.45, 2.75) is 39.4 Å². The highest BCUT2D eigenvalue weighted by atomic mass is 19.1. The average molecular weight is 502 g/mol. The van der Waals surface area contributed by atoms with Crippen LogP contribution in [0, 0.1) is 5.82 Å². The number of aromatic nitrogens is 5. The lowest BCUT2D eigenvalue weighted by atomic mass is 10.1. The Morgan fingerprint density at radius 3 is 2.73 bits per heavy atom. The van der Waals surface area contributed by atoms with E-state index < -0.39 is 11.6 Å². The first-order valence-corrected chi connectivity index (χ1v) is 12.0. The van der Waals surface area contributed by atoms with Crippen molar-refractivity contribution >= 4 is 39.5 Å². The van der Waals surface area contributed by atoms with E-state index in [1.807, 2.05) is 66.5 Å². The monoisotopic (exact) mass is 501 g/mol. The van der Waals surface area contributed by atoms with Crippen LogP contribution in [0.2, 0.25) is 0 Å². The largest absolute Gasteiger partial charge is 0.465 e. The molecule has 1 amide bonds. The molecule has 5 rings (SSSR count). The molecule has 0 unspecified atom stereocenters. The first kappa shape index (κ1) is 24.2. The second-order valence-corrected chi connectivity index (χ2v) is 9.90. The summed E-state index contributed by atoms with van der Waals surface area (Å²) in [6, 6.07) is 14.3. The lowest BCUT2D eigenvalue weighted by Gasteiger charge is -2.33. The van der Waals surface area contributed by atoms with Gasteiger partial charge in [0, 0.05) is 35.9 Å². The quantitative estimate of drug-likeness (QED) is 0.306. The highest BCUT2D eigenvalue weighted by Crippen LogP contribution is 2.27. The zero-order valence-corrected chi connectivity index (χ0v) is 20.9. The van der Waals surface area contributed by atoms with Crippen molar-refractivity contribution in [3.63, 3.8) is 0 Å². The van der Waals surface area contributed by atoms with E-state index in [2.05, 4.69) is 20.4 Å². The van der Waals surface area contributed by atoms with Gasteiger partial charge in [-0.2, -0.15) is 5.10 Å². The Morgan fingerprint density at radius 2 is 1.97 bits per heavy atom. The number of hydrogen-bond donors (Lipinski definition) is 2. The van der Waals surface area contributed by atoms with Gasteiger partial charge in [-0.1, -0.05) is 12.1 Å². The Balaban J connectivity index is 1.39. The summed E-state index contributed by atoms with van der Waals surface area (Å²) >= 11 is 0. The second kappa shape index (κ2) is 9.53. The molecule has 0 saturated carbocycles.